The molecule has 1 aliphatic heterocycles. The van der Waals surface area contributed by atoms with Crippen LogP contribution in [0, 0.1) is 6.92 Å². The van der Waals surface area contributed by atoms with Crippen LogP contribution in [0.3, 0.4) is 0 Å². The molecule has 36 heavy (non-hydrogen) atoms. The van der Waals surface area contributed by atoms with E-state index in [1.165, 1.54) is 12.1 Å². The van der Waals surface area contributed by atoms with Gasteiger partial charge in [-0.1, -0.05) is 66.7 Å². The maximum absolute atomic E-state index is 12.7. The predicted octanol–water partition coefficient (Wildman–Crippen LogP) is 7.78. The number of hydrogen-bond acceptors (Lipinski definition) is 3. The number of ether oxygens (including phenoxy) is 2. The molecule has 182 valence electrons. The molecule has 0 saturated carbocycles. The largest absolute Gasteiger partial charge is 0.489 e. The topological polar surface area (TPSA) is 30.8 Å². The number of rotatable bonds is 6. The highest BCUT2D eigenvalue weighted by atomic mass is 19.4. The van der Waals surface area contributed by atoms with Gasteiger partial charge in [0.2, 0.25) is 5.90 Å². The predicted molar refractivity (Wildman–Crippen MR) is 134 cm³/mol. The minimum absolute atomic E-state index is 0.0328. The number of aliphatic imine (C=N–C) groups is 1. The highest BCUT2D eigenvalue weighted by molar-refractivity contribution is 5.96. The Morgan fingerprint density at radius 1 is 0.833 bits per heavy atom. The van der Waals surface area contributed by atoms with Crippen LogP contribution < -0.4 is 4.74 Å². The molecule has 0 radical (unpaired) electrons. The molecule has 0 aromatic heterocycles. The van der Waals surface area contributed by atoms with E-state index in [9.17, 15) is 13.2 Å². The molecule has 0 aliphatic carbocycles. The fraction of sp³-hybridized carbons (Fsp3) is 0.167. The van der Waals surface area contributed by atoms with E-state index in [0.29, 0.717) is 23.8 Å². The van der Waals surface area contributed by atoms with E-state index in [0.717, 1.165) is 39.9 Å². The fourth-order valence-corrected chi connectivity index (χ4v) is 4.10. The molecule has 0 N–H and O–H groups in total. The SMILES string of the molecule is Cc1ccccc1C1=NC(c2ccc(-c3ccc(OCc4ccc(C(F)(F)F)cc4)cc3)cc2)CO1. The quantitative estimate of drug-likeness (QED) is 0.278. The third-order valence-electron chi connectivity index (χ3n) is 6.20. The molecule has 1 heterocycles. The van der Waals surface area contributed by atoms with Gasteiger partial charge in [0.05, 0.1) is 5.56 Å². The molecule has 1 unspecified atom stereocenters. The molecule has 0 saturated heterocycles. The van der Waals surface area contributed by atoms with Gasteiger partial charge in [-0.05, 0) is 65.1 Å². The molecule has 1 aliphatic rings. The summed E-state index contributed by atoms with van der Waals surface area (Å²) in [5, 5.41) is 0. The fourth-order valence-electron chi connectivity index (χ4n) is 4.10. The Labute approximate surface area is 207 Å². The second-order valence-corrected chi connectivity index (χ2v) is 8.71. The number of aryl methyl sites for hydroxylation is 1. The van der Waals surface area contributed by atoms with Crippen molar-refractivity contribution < 1.29 is 22.6 Å². The van der Waals surface area contributed by atoms with Gasteiger partial charge >= 0.3 is 6.18 Å². The second-order valence-electron chi connectivity index (χ2n) is 8.71. The molecule has 4 aromatic carbocycles. The molecule has 0 bridgehead atoms. The number of benzene rings is 4. The van der Waals surface area contributed by atoms with Gasteiger partial charge in [0.15, 0.2) is 0 Å². The lowest BCUT2D eigenvalue weighted by molar-refractivity contribution is -0.137. The van der Waals surface area contributed by atoms with Gasteiger partial charge in [0, 0.05) is 5.56 Å². The van der Waals surface area contributed by atoms with Gasteiger partial charge in [-0.15, -0.1) is 0 Å². The smallest absolute Gasteiger partial charge is 0.416 e. The van der Waals surface area contributed by atoms with Crippen molar-refractivity contribution >= 4 is 5.90 Å². The third-order valence-corrected chi connectivity index (χ3v) is 6.20. The summed E-state index contributed by atoms with van der Waals surface area (Å²) in [6.45, 7) is 2.77. The summed E-state index contributed by atoms with van der Waals surface area (Å²) in [4.78, 5) is 4.79. The van der Waals surface area contributed by atoms with Crippen molar-refractivity contribution in [2.45, 2.75) is 25.7 Å². The Balaban J connectivity index is 1.21. The van der Waals surface area contributed by atoms with Crippen molar-refractivity contribution in [3.05, 3.63) is 125 Å². The minimum Gasteiger partial charge on any atom is -0.489 e. The van der Waals surface area contributed by atoms with Crippen molar-refractivity contribution in [3.63, 3.8) is 0 Å². The molecule has 6 heteroatoms. The molecule has 0 amide bonds. The lowest BCUT2D eigenvalue weighted by atomic mass is 10.0. The second kappa shape index (κ2) is 9.90. The lowest BCUT2D eigenvalue weighted by Gasteiger charge is -2.10. The minimum atomic E-state index is -4.34. The van der Waals surface area contributed by atoms with E-state index < -0.39 is 11.7 Å². The molecule has 1 atom stereocenters. The maximum Gasteiger partial charge on any atom is 0.416 e. The summed E-state index contributed by atoms with van der Waals surface area (Å²) in [5.41, 5.74) is 5.37. The highest BCUT2D eigenvalue weighted by Crippen LogP contribution is 2.30. The normalized spacial score (nSPS) is 15.3. The van der Waals surface area contributed by atoms with E-state index in [-0.39, 0.29) is 12.6 Å². The molecule has 3 nitrogen and oxygen atoms in total. The summed E-state index contributed by atoms with van der Waals surface area (Å²) in [6, 6.07) is 28.9. The van der Waals surface area contributed by atoms with E-state index in [1.807, 2.05) is 55.5 Å². The Morgan fingerprint density at radius 2 is 1.47 bits per heavy atom. The van der Waals surface area contributed by atoms with Crippen LogP contribution in [-0.4, -0.2) is 12.5 Å². The first-order chi connectivity index (χ1) is 17.4. The Bertz CT molecular complexity index is 1360. The monoisotopic (exact) mass is 487 g/mol. The Morgan fingerprint density at radius 3 is 2.11 bits per heavy atom. The number of hydrogen-bond donors (Lipinski definition) is 0. The van der Waals surface area contributed by atoms with Crippen LogP contribution in [0.2, 0.25) is 0 Å². The average molecular weight is 488 g/mol. The van der Waals surface area contributed by atoms with E-state index >= 15 is 0 Å². The molecule has 0 fully saturated rings. The molecular formula is C30H24F3NO2. The first kappa shape index (κ1) is 23.7. The van der Waals surface area contributed by atoms with Crippen LogP contribution in [0.5, 0.6) is 5.75 Å². The van der Waals surface area contributed by atoms with Crippen LogP contribution in [0.15, 0.2) is 102 Å². The van der Waals surface area contributed by atoms with Crippen molar-refractivity contribution in [1.82, 2.24) is 0 Å². The Hall–Kier alpha value is -4.06. The zero-order valence-corrected chi connectivity index (χ0v) is 19.6. The van der Waals surface area contributed by atoms with E-state index in [4.69, 9.17) is 14.5 Å². The summed E-state index contributed by atoms with van der Waals surface area (Å²) in [6.07, 6.45) is -4.34. The third kappa shape index (κ3) is 5.28. The summed E-state index contributed by atoms with van der Waals surface area (Å²) >= 11 is 0. The van der Waals surface area contributed by atoms with Crippen molar-refractivity contribution in [2.24, 2.45) is 4.99 Å². The van der Waals surface area contributed by atoms with Gasteiger partial charge in [-0.25, -0.2) is 4.99 Å². The van der Waals surface area contributed by atoms with Crippen LogP contribution in [0.1, 0.15) is 33.9 Å². The molecular weight excluding hydrogens is 463 g/mol. The van der Waals surface area contributed by atoms with Gasteiger partial charge < -0.3 is 9.47 Å². The van der Waals surface area contributed by atoms with Gasteiger partial charge in [0.1, 0.15) is 25.0 Å². The first-order valence-corrected chi connectivity index (χ1v) is 11.6. The van der Waals surface area contributed by atoms with Crippen LogP contribution in [0.25, 0.3) is 11.1 Å². The molecule has 0 spiro atoms. The molecule has 4 aromatic rings. The zero-order chi connectivity index (χ0) is 25.1. The van der Waals surface area contributed by atoms with Gasteiger partial charge in [-0.3, -0.25) is 0 Å². The number of halogens is 3. The van der Waals surface area contributed by atoms with Crippen LogP contribution in [-0.2, 0) is 17.5 Å². The average Bonchev–Trinajstić information content (AvgIpc) is 3.38. The van der Waals surface area contributed by atoms with Crippen LogP contribution >= 0.6 is 0 Å². The molecule has 5 rings (SSSR count). The van der Waals surface area contributed by atoms with Crippen molar-refractivity contribution in [3.8, 4) is 16.9 Å². The highest BCUT2D eigenvalue weighted by Gasteiger charge is 2.30. The summed E-state index contributed by atoms with van der Waals surface area (Å²) in [5.74, 6) is 1.34. The first-order valence-electron chi connectivity index (χ1n) is 11.6. The summed E-state index contributed by atoms with van der Waals surface area (Å²) in [7, 11) is 0. The zero-order valence-electron chi connectivity index (χ0n) is 19.6. The van der Waals surface area contributed by atoms with Gasteiger partial charge in [-0.2, -0.15) is 13.2 Å². The Kier molecular flexibility index (Phi) is 6.51. The van der Waals surface area contributed by atoms with Crippen molar-refractivity contribution in [2.75, 3.05) is 6.61 Å². The number of nitrogens with zero attached hydrogens (tertiary/aromatic N) is 1. The number of alkyl halides is 3. The van der Waals surface area contributed by atoms with Gasteiger partial charge in [0.25, 0.3) is 0 Å². The maximum atomic E-state index is 12.7. The van der Waals surface area contributed by atoms with Crippen LogP contribution in [0.4, 0.5) is 13.2 Å². The lowest BCUT2D eigenvalue weighted by Crippen LogP contribution is -2.05. The van der Waals surface area contributed by atoms with E-state index in [1.54, 1.807) is 0 Å². The van der Waals surface area contributed by atoms with E-state index in [2.05, 4.69) is 24.3 Å². The summed E-state index contributed by atoms with van der Waals surface area (Å²) < 4.78 is 49.7. The standard InChI is InChI=1S/C30H24F3NO2/c1-20-4-2-3-5-27(20)29-34-28(19-36-29)24-10-8-22(9-11-24)23-12-16-26(17-13-23)35-18-21-6-14-25(15-7-21)30(31,32)33/h2-17,28H,18-19H2,1H3. The van der Waals surface area contributed by atoms with Crippen molar-refractivity contribution in [1.29, 1.82) is 0 Å².